The van der Waals surface area contributed by atoms with Crippen molar-refractivity contribution in [3.63, 3.8) is 0 Å². The highest BCUT2D eigenvalue weighted by molar-refractivity contribution is 5.34. The van der Waals surface area contributed by atoms with Gasteiger partial charge >= 0.3 is 0 Å². The zero-order valence-electron chi connectivity index (χ0n) is 7.64. The van der Waals surface area contributed by atoms with Crippen LogP contribution in [0.2, 0.25) is 0 Å². The van der Waals surface area contributed by atoms with Gasteiger partial charge in [0.05, 0.1) is 0 Å². The van der Waals surface area contributed by atoms with Gasteiger partial charge in [-0.2, -0.15) is 0 Å². The van der Waals surface area contributed by atoms with Crippen LogP contribution in [0.4, 0.5) is 0 Å². The number of benzene rings is 1. The zero-order chi connectivity index (χ0) is 9.80. The molecule has 0 saturated carbocycles. The summed E-state index contributed by atoms with van der Waals surface area (Å²) in [5.74, 6) is 0. The van der Waals surface area contributed by atoms with E-state index in [1.807, 2.05) is 42.5 Å². The SMILES string of the molecule is OC(C1=C=C=CC=C1)c1ccccc1. The molecule has 1 aliphatic rings. The van der Waals surface area contributed by atoms with Crippen LogP contribution in [0, 0.1) is 0 Å². The van der Waals surface area contributed by atoms with E-state index < -0.39 is 6.10 Å². The Labute approximate surface area is 83.0 Å². The molecule has 1 heteroatoms. The second kappa shape index (κ2) is 3.95. The first-order valence-electron chi connectivity index (χ1n) is 4.49. The number of hydrogen-bond acceptors (Lipinski definition) is 1. The smallest absolute Gasteiger partial charge is 0.112 e. The minimum absolute atomic E-state index is 0.603. The molecule has 14 heavy (non-hydrogen) atoms. The van der Waals surface area contributed by atoms with Crippen LogP contribution in [0.25, 0.3) is 0 Å². The lowest BCUT2D eigenvalue weighted by Gasteiger charge is -2.10. The molecule has 1 aromatic carbocycles. The molecule has 1 nitrogen and oxygen atoms in total. The quantitative estimate of drug-likeness (QED) is 0.697. The Morgan fingerprint density at radius 3 is 2.57 bits per heavy atom. The van der Waals surface area contributed by atoms with Crippen molar-refractivity contribution in [3.8, 4) is 0 Å². The van der Waals surface area contributed by atoms with Gasteiger partial charge in [0.15, 0.2) is 0 Å². The van der Waals surface area contributed by atoms with Crippen LogP contribution in [0.15, 0.2) is 65.6 Å². The summed E-state index contributed by atoms with van der Waals surface area (Å²) in [5.41, 5.74) is 7.35. The maximum atomic E-state index is 9.94. The van der Waals surface area contributed by atoms with Gasteiger partial charge in [-0.05, 0) is 17.7 Å². The van der Waals surface area contributed by atoms with E-state index in [2.05, 4.69) is 11.5 Å². The van der Waals surface area contributed by atoms with Crippen LogP contribution in [0.5, 0.6) is 0 Å². The third-order valence-corrected chi connectivity index (χ3v) is 2.08. The fourth-order valence-corrected chi connectivity index (χ4v) is 1.34. The highest BCUT2D eigenvalue weighted by atomic mass is 16.3. The molecule has 2 rings (SSSR count). The summed E-state index contributed by atoms with van der Waals surface area (Å²) < 4.78 is 0. The molecule has 0 bridgehead atoms. The average Bonchev–Trinajstić information content (AvgIpc) is 2.30. The molecule has 0 amide bonds. The van der Waals surface area contributed by atoms with E-state index >= 15 is 0 Å². The van der Waals surface area contributed by atoms with Crippen molar-refractivity contribution < 1.29 is 5.11 Å². The van der Waals surface area contributed by atoms with Gasteiger partial charge in [-0.3, -0.25) is 0 Å². The maximum Gasteiger partial charge on any atom is 0.112 e. The predicted molar refractivity (Wildman–Crippen MR) is 55.7 cm³/mol. The maximum absolute atomic E-state index is 9.94. The average molecular weight is 182 g/mol. The Morgan fingerprint density at radius 2 is 1.93 bits per heavy atom. The zero-order valence-corrected chi connectivity index (χ0v) is 7.64. The lowest BCUT2D eigenvalue weighted by Crippen LogP contribution is -1.98. The van der Waals surface area contributed by atoms with Crippen LogP contribution < -0.4 is 0 Å². The highest BCUT2D eigenvalue weighted by Gasteiger charge is 2.10. The Kier molecular flexibility index (Phi) is 2.48. The van der Waals surface area contributed by atoms with E-state index in [4.69, 9.17) is 0 Å². The lowest BCUT2D eigenvalue weighted by atomic mass is 10.0. The summed E-state index contributed by atoms with van der Waals surface area (Å²) in [6.45, 7) is 0. The van der Waals surface area contributed by atoms with Gasteiger partial charge in [-0.1, -0.05) is 47.9 Å². The third kappa shape index (κ3) is 1.76. The van der Waals surface area contributed by atoms with Crippen LogP contribution in [-0.4, -0.2) is 5.11 Å². The van der Waals surface area contributed by atoms with Crippen molar-refractivity contribution >= 4 is 0 Å². The topological polar surface area (TPSA) is 20.2 Å². The van der Waals surface area contributed by atoms with Gasteiger partial charge in [0.25, 0.3) is 0 Å². The first-order valence-corrected chi connectivity index (χ1v) is 4.49. The highest BCUT2D eigenvalue weighted by Crippen LogP contribution is 2.21. The normalized spacial score (nSPS) is 15.4. The molecular weight excluding hydrogens is 172 g/mol. The molecule has 0 heterocycles. The largest absolute Gasteiger partial charge is 0.383 e. The van der Waals surface area contributed by atoms with E-state index in [0.717, 1.165) is 11.1 Å². The molecule has 0 spiro atoms. The Bertz CT molecular complexity index is 441. The number of allylic oxidation sites excluding steroid dienone is 2. The fraction of sp³-hybridized carbons (Fsp3) is 0.0769. The Balaban J connectivity index is 2.34. The van der Waals surface area contributed by atoms with Gasteiger partial charge in [-0.15, -0.1) is 0 Å². The van der Waals surface area contributed by atoms with Crippen molar-refractivity contribution in [2.45, 2.75) is 6.10 Å². The standard InChI is InChI=1S/C13H10O/c14-13(11-7-3-1-4-8-11)12-9-5-2-6-10-12/h1-5,7-9,13-14H. The van der Waals surface area contributed by atoms with Crippen LogP contribution >= 0.6 is 0 Å². The van der Waals surface area contributed by atoms with E-state index in [0.29, 0.717) is 0 Å². The van der Waals surface area contributed by atoms with Crippen LogP contribution in [-0.2, 0) is 0 Å². The summed E-state index contributed by atoms with van der Waals surface area (Å²) in [6, 6.07) is 9.53. The van der Waals surface area contributed by atoms with Crippen LogP contribution in [0.3, 0.4) is 0 Å². The second-order valence-electron chi connectivity index (χ2n) is 3.06. The van der Waals surface area contributed by atoms with E-state index in [1.165, 1.54) is 0 Å². The van der Waals surface area contributed by atoms with Gasteiger partial charge in [0.1, 0.15) is 6.10 Å². The summed E-state index contributed by atoms with van der Waals surface area (Å²) in [4.78, 5) is 0. The minimum Gasteiger partial charge on any atom is -0.383 e. The first kappa shape index (κ1) is 8.80. The van der Waals surface area contributed by atoms with Gasteiger partial charge in [-0.25, -0.2) is 0 Å². The molecule has 0 saturated heterocycles. The van der Waals surface area contributed by atoms with Crippen molar-refractivity contribution in [1.82, 2.24) is 0 Å². The molecule has 1 atom stereocenters. The molecule has 1 aliphatic carbocycles. The molecule has 0 aromatic heterocycles. The lowest BCUT2D eigenvalue weighted by molar-refractivity contribution is 0.220. The predicted octanol–water partition coefficient (Wildman–Crippen LogP) is 2.53. The molecule has 0 aliphatic heterocycles. The van der Waals surface area contributed by atoms with Crippen molar-refractivity contribution in [3.05, 3.63) is 71.2 Å². The molecule has 68 valence electrons. The van der Waals surface area contributed by atoms with E-state index in [1.54, 1.807) is 6.08 Å². The Hall–Kier alpha value is -1.78. The van der Waals surface area contributed by atoms with E-state index in [-0.39, 0.29) is 0 Å². The second-order valence-corrected chi connectivity index (χ2v) is 3.06. The molecule has 1 aromatic rings. The van der Waals surface area contributed by atoms with Crippen LogP contribution in [0.1, 0.15) is 11.7 Å². The number of aliphatic hydroxyl groups is 1. The summed E-state index contributed by atoms with van der Waals surface area (Å²) in [5, 5.41) is 9.94. The molecule has 1 unspecified atom stereocenters. The molecule has 0 radical (unpaired) electrons. The van der Waals surface area contributed by atoms with Crippen molar-refractivity contribution in [1.29, 1.82) is 0 Å². The fourth-order valence-electron chi connectivity index (χ4n) is 1.34. The van der Waals surface area contributed by atoms with Gasteiger partial charge < -0.3 is 5.11 Å². The first-order chi connectivity index (χ1) is 6.88. The summed E-state index contributed by atoms with van der Waals surface area (Å²) in [6.07, 6.45) is 4.85. The third-order valence-electron chi connectivity index (χ3n) is 2.08. The van der Waals surface area contributed by atoms with Gasteiger partial charge in [0.2, 0.25) is 0 Å². The summed E-state index contributed by atoms with van der Waals surface area (Å²) >= 11 is 0. The molecule has 1 N–H and O–H groups in total. The van der Waals surface area contributed by atoms with Crippen molar-refractivity contribution in [2.75, 3.05) is 0 Å². The number of rotatable bonds is 2. The molecular formula is C13H10O. The number of hydrogen-bond donors (Lipinski definition) is 1. The monoisotopic (exact) mass is 182 g/mol. The van der Waals surface area contributed by atoms with E-state index in [9.17, 15) is 5.11 Å². The van der Waals surface area contributed by atoms with Gasteiger partial charge in [0, 0.05) is 5.57 Å². The molecule has 0 fully saturated rings. The van der Waals surface area contributed by atoms with Crippen molar-refractivity contribution in [2.24, 2.45) is 0 Å². The summed E-state index contributed by atoms with van der Waals surface area (Å²) in [7, 11) is 0. The minimum atomic E-state index is -0.603. The number of aliphatic hydroxyl groups excluding tert-OH is 1. The Morgan fingerprint density at radius 1 is 1.14 bits per heavy atom.